The Morgan fingerprint density at radius 1 is 1.35 bits per heavy atom. The Hall–Kier alpha value is -1.00. The van der Waals surface area contributed by atoms with E-state index in [9.17, 15) is 13.9 Å². The summed E-state index contributed by atoms with van der Waals surface area (Å²) >= 11 is 0. The quantitative estimate of drug-likeness (QED) is 0.826. The predicted octanol–water partition coefficient (Wildman–Crippen LogP) is 1.85. The molecule has 0 saturated heterocycles. The number of nitrogens with two attached hydrogens (primary N) is 1. The molecule has 1 saturated carbocycles. The average Bonchev–Trinajstić information content (AvgIpc) is 3.15. The van der Waals surface area contributed by atoms with Crippen molar-refractivity contribution in [1.29, 1.82) is 0 Å². The van der Waals surface area contributed by atoms with Gasteiger partial charge in [-0.1, -0.05) is 0 Å². The van der Waals surface area contributed by atoms with E-state index in [1.165, 1.54) is 6.07 Å². The van der Waals surface area contributed by atoms with Gasteiger partial charge in [-0.15, -0.1) is 0 Å². The number of halogens is 2. The highest BCUT2D eigenvalue weighted by atomic mass is 19.1. The van der Waals surface area contributed by atoms with Gasteiger partial charge in [-0.25, -0.2) is 8.78 Å². The third-order valence-corrected chi connectivity index (χ3v) is 3.72. The first-order valence-corrected chi connectivity index (χ1v) is 5.86. The van der Waals surface area contributed by atoms with Gasteiger partial charge in [-0.05, 0) is 48.9 Å². The van der Waals surface area contributed by atoms with Crippen molar-refractivity contribution in [2.24, 2.45) is 17.1 Å². The van der Waals surface area contributed by atoms with Gasteiger partial charge in [-0.2, -0.15) is 0 Å². The number of aliphatic hydroxyl groups excluding tert-OH is 1. The Kier molecular flexibility index (Phi) is 3.45. The van der Waals surface area contributed by atoms with Gasteiger partial charge in [0.1, 0.15) is 11.6 Å². The predicted molar refractivity (Wildman–Crippen MR) is 61.4 cm³/mol. The van der Waals surface area contributed by atoms with E-state index in [1.807, 2.05) is 0 Å². The van der Waals surface area contributed by atoms with Crippen LogP contribution in [0.25, 0.3) is 0 Å². The van der Waals surface area contributed by atoms with Crippen molar-refractivity contribution in [1.82, 2.24) is 0 Å². The van der Waals surface area contributed by atoms with Crippen molar-refractivity contribution in [3.05, 3.63) is 35.4 Å². The van der Waals surface area contributed by atoms with E-state index in [2.05, 4.69) is 0 Å². The molecule has 94 valence electrons. The molecule has 0 aliphatic heterocycles. The molecular weight excluding hydrogens is 224 g/mol. The van der Waals surface area contributed by atoms with E-state index >= 15 is 0 Å². The standard InChI is InChI=1S/C13H17F2NO/c14-11-3-4-12(15)9(5-11)6-13(7-16,8-17)10-1-2-10/h3-5,10,17H,1-2,6-8,16H2. The zero-order chi connectivity index (χ0) is 12.5. The van der Waals surface area contributed by atoms with Gasteiger partial charge in [0.05, 0.1) is 6.61 Å². The van der Waals surface area contributed by atoms with Gasteiger partial charge < -0.3 is 10.8 Å². The molecule has 0 bridgehead atoms. The monoisotopic (exact) mass is 241 g/mol. The number of hydrogen-bond acceptors (Lipinski definition) is 2. The van der Waals surface area contributed by atoms with Crippen LogP contribution in [0.3, 0.4) is 0 Å². The number of benzene rings is 1. The van der Waals surface area contributed by atoms with E-state index in [1.54, 1.807) is 0 Å². The SMILES string of the molecule is NCC(CO)(Cc1cc(F)ccc1F)C1CC1. The molecule has 0 spiro atoms. The molecule has 2 nitrogen and oxygen atoms in total. The Morgan fingerprint density at radius 3 is 2.59 bits per heavy atom. The van der Waals surface area contributed by atoms with Crippen molar-refractivity contribution < 1.29 is 13.9 Å². The topological polar surface area (TPSA) is 46.2 Å². The summed E-state index contributed by atoms with van der Waals surface area (Å²) in [6.45, 7) is 0.217. The van der Waals surface area contributed by atoms with Gasteiger partial charge in [0, 0.05) is 12.0 Å². The maximum absolute atomic E-state index is 13.6. The lowest BCUT2D eigenvalue weighted by Gasteiger charge is -2.30. The van der Waals surface area contributed by atoms with E-state index < -0.39 is 17.0 Å². The second-order valence-corrected chi connectivity index (χ2v) is 4.91. The molecule has 3 N–H and O–H groups in total. The van der Waals surface area contributed by atoms with Crippen LogP contribution in [0.4, 0.5) is 8.78 Å². The third kappa shape index (κ3) is 2.48. The summed E-state index contributed by atoms with van der Waals surface area (Å²) in [6.07, 6.45) is 2.32. The largest absolute Gasteiger partial charge is 0.396 e. The Labute approximate surface area is 99.4 Å². The molecule has 1 fully saturated rings. The highest BCUT2D eigenvalue weighted by Gasteiger charge is 2.44. The summed E-state index contributed by atoms with van der Waals surface area (Å²) in [7, 11) is 0. The van der Waals surface area contributed by atoms with Crippen LogP contribution in [-0.4, -0.2) is 18.3 Å². The van der Waals surface area contributed by atoms with Crippen LogP contribution in [-0.2, 0) is 6.42 Å². The maximum atomic E-state index is 13.6. The van der Waals surface area contributed by atoms with Crippen LogP contribution in [0.1, 0.15) is 18.4 Å². The van der Waals surface area contributed by atoms with Crippen LogP contribution in [0.2, 0.25) is 0 Å². The molecule has 1 aromatic rings. The first-order chi connectivity index (χ1) is 8.11. The molecule has 0 amide bonds. The average molecular weight is 241 g/mol. The summed E-state index contributed by atoms with van der Waals surface area (Å²) < 4.78 is 26.7. The molecule has 1 aromatic carbocycles. The summed E-state index contributed by atoms with van der Waals surface area (Å²) in [6, 6.07) is 3.41. The van der Waals surface area contributed by atoms with E-state index in [0.29, 0.717) is 24.4 Å². The molecule has 1 unspecified atom stereocenters. The van der Waals surface area contributed by atoms with Crippen LogP contribution in [0.5, 0.6) is 0 Å². The first kappa shape index (κ1) is 12.5. The Balaban J connectivity index is 2.25. The molecule has 17 heavy (non-hydrogen) atoms. The van der Waals surface area contributed by atoms with Crippen molar-refractivity contribution in [3.8, 4) is 0 Å². The fourth-order valence-corrected chi connectivity index (χ4v) is 2.39. The zero-order valence-electron chi connectivity index (χ0n) is 9.63. The van der Waals surface area contributed by atoms with Gasteiger partial charge in [0.2, 0.25) is 0 Å². The lowest BCUT2D eigenvalue weighted by atomic mass is 9.77. The highest BCUT2D eigenvalue weighted by molar-refractivity contribution is 5.21. The Morgan fingerprint density at radius 2 is 2.06 bits per heavy atom. The van der Waals surface area contributed by atoms with E-state index in [-0.39, 0.29) is 6.61 Å². The van der Waals surface area contributed by atoms with Gasteiger partial charge in [0.25, 0.3) is 0 Å². The minimum Gasteiger partial charge on any atom is -0.396 e. The van der Waals surface area contributed by atoms with Crippen LogP contribution < -0.4 is 5.73 Å². The smallest absolute Gasteiger partial charge is 0.126 e. The molecule has 4 heteroatoms. The van der Waals surface area contributed by atoms with Crippen molar-refractivity contribution >= 4 is 0 Å². The normalized spacial score (nSPS) is 19.1. The summed E-state index contributed by atoms with van der Waals surface area (Å²) in [4.78, 5) is 0. The fraction of sp³-hybridized carbons (Fsp3) is 0.538. The summed E-state index contributed by atoms with van der Waals surface area (Å²) in [5, 5.41) is 9.51. The Bertz CT molecular complexity index is 400. The first-order valence-electron chi connectivity index (χ1n) is 5.86. The second-order valence-electron chi connectivity index (χ2n) is 4.91. The van der Waals surface area contributed by atoms with Crippen molar-refractivity contribution in [2.45, 2.75) is 19.3 Å². The number of aliphatic hydroxyl groups is 1. The minimum absolute atomic E-state index is 0.0792. The summed E-state index contributed by atoms with van der Waals surface area (Å²) in [5.41, 5.74) is 5.53. The van der Waals surface area contributed by atoms with Crippen molar-refractivity contribution in [3.63, 3.8) is 0 Å². The molecule has 0 heterocycles. The van der Waals surface area contributed by atoms with Crippen molar-refractivity contribution in [2.75, 3.05) is 13.2 Å². The molecule has 1 aliphatic carbocycles. The lowest BCUT2D eigenvalue weighted by molar-refractivity contribution is 0.108. The number of hydrogen-bond donors (Lipinski definition) is 2. The molecule has 0 aromatic heterocycles. The van der Waals surface area contributed by atoms with E-state index in [0.717, 1.165) is 25.0 Å². The molecule has 1 atom stereocenters. The van der Waals surface area contributed by atoms with Crippen LogP contribution >= 0.6 is 0 Å². The van der Waals surface area contributed by atoms with Crippen LogP contribution in [0, 0.1) is 23.0 Å². The molecule has 0 radical (unpaired) electrons. The highest BCUT2D eigenvalue weighted by Crippen LogP contribution is 2.47. The summed E-state index contributed by atoms with van der Waals surface area (Å²) in [5.74, 6) is -0.556. The van der Waals surface area contributed by atoms with Gasteiger partial charge in [-0.3, -0.25) is 0 Å². The molecule has 1 aliphatic rings. The van der Waals surface area contributed by atoms with Gasteiger partial charge in [0.15, 0.2) is 0 Å². The van der Waals surface area contributed by atoms with Crippen LogP contribution in [0.15, 0.2) is 18.2 Å². The maximum Gasteiger partial charge on any atom is 0.126 e. The van der Waals surface area contributed by atoms with E-state index in [4.69, 9.17) is 5.73 Å². The third-order valence-electron chi connectivity index (χ3n) is 3.72. The minimum atomic E-state index is -0.491. The fourth-order valence-electron chi connectivity index (χ4n) is 2.39. The molecule has 2 rings (SSSR count). The lowest BCUT2D eigenvalue weighted by Crippen LogP contribution is -2.38. The van der Waals surface area contributed by atoms with Gasteiger partial charge >= 0.3 is 0 Å². The zero-order valence-corrected chi connectivity index (χ0v) is 9.63. The second kappa shape index (κ2) is 4.70. The molecular formula is C13H17F2NO. The number of rotatable bonds is 5.